The normalized spacial score (nSPS) is 11.0. The van der Waals surface area contributed by atoms with Crippen LogP contribution >= 0.6 is 0 Å². The van der Waals surface area contributed by atoms with Gasteiger partial charge in [0.25, 0.3) is 15.9 Å². The van der Waals surface area contributed by atoms with E-state index in [1.54, 1.807) is 12.1 Å². The van der Waals surface area contributed by atoms with Crippen molar-refractivity contribution >= 4 is 27.3 Å². The molecule has 0 spiro atoms. The molecule has 0 aliphatic carbocycles. The number of rotatable bonds is 8. The zero-order chi connectivity index (χ0) is 24.8. The van der Waals surface area contributed by atoms with E-state index in [2.05, 4.69) is 10.0 Å². The molecule has 9 heteroatoms. The molecule has 2 N–H and O–H groups in total. The second-order valence-electron chi connectivity index (χ2n) is 7.48. The van der Waals surface area contributed by atoms with E-state index in [4.69, 9.17) is 4.74 Å². The van der Waals surface area contributed by atoms with Crippen molar-refractivity contribution in [2.75, 3.05) is 10.0 Å². The van der Waals surface area contributed by atoms with Gasteiger partial charge < -0.3 is 10.1 Å². The Labute approximate surface area is 201 Å². The number of benzene rings is 4. The Morgan fingerprint density at radius 2 is 1.49 bits per heavy atom. The fourth-order valence-electron chi connectivity index (χ4n) is 3.17. The van der Waals surface area contributed by atoms with Crippen LogP contribution in [0.4, 0.5) is 20.2 Å². The molecule has 0 aromatic heterocycles. The highest BCUT2D eigenvalue weighted by atomic mass is 32.2. The summed E-state index contributed by atoms with van der Waals surface area (Å²) in [5.41, 5.74) is 0.709. The molecule has 0 atom stereocenters. The summed E-state index contributed by atoms with van der Waals surface area (Å²) in [6.07, 6.45) is 0. The van der Waals surface area contributed by atoms with Gasteiger partial charge >= 0.3 is 0 Å². The average Bonchev–Trinajstić information content (AvgIpc) is 2.85. The van der Waals surface area contributed by atoms with Gasteiger partial charge in [-0.15, -0.1) is 0 Å². The summed E-state index contributed by atoms with van der Waals surface area (Å²) in [6, 6.07) is 24.1. The lowest BCUT2D eigenvalue weighted by Crippen LogP contribution is -2.16. The summed E-state index contributed by atoms with van der Waals surface area (Å²) in [5, 5.41) is 2.24. The predicted molar refractivity (Wildman–Crippen MR) is 129 cm³/mol. The lowest BCUT2D eigenvalue weighted by Gasteiger charge is -2.12. The van der Waals surface area contributed by atoms with Gasteiger partial charge in [0.05, 0.1) is 16.1 Å². The van der Waals surface area contributed by atoms with Gasteiger partial charge in [-0.25, -0.2) is 17.2 Å². The van der Waals surface area contributed by atoms with E-state index < -0.39 is 27.6 Å². The number of ether oxygens (including phenoxy) is 1. The first-order valence-corrected chi connectivity index (χ1v) is 12.0. The Morgan fingerprint density at radius 1 is 0.800 bits per heavy atom. The molecule has 0 saturated heterocycles. The number of hydrogen-bond donors (Lipinski definition) is 2. The molecule has 1 amide bonds. The maximum atomic E-state index is 14.6. The van der Waals surface area contributed by atoms with Gasteiger partial charge in [-0.1, -0.05) is 42.5 Å². The minimum absolute atomic E-state index is 0.259. The molecule has 0 aliphatic rings. The Morgan fingerprint density at radius 3 is 2.17 bits per heavy atom. The van der Waals surface area contributed by atoms with Crippen LogP contribution in [0.5, 0.6) is 5.75 Å². The summed E-state index contributed by atoms with van der Waals surface area (Å²) in [5.74, 6) is -2.05. The SMILES string of the molecule is O=C(Nc1ccc(S(=O)(=O)Nc2ccc(OCc3ccccc3)cc2)cc1F)c1ccccc1F. The maximum absolute atomic E-state index is 14.6. The number of carbonyl (C=O) groups is 1. The maximum Gasteiger partial charge on any atom is 0.261 e. The van der Waals surface area contributed by atoms with Crippen molar-refractivity contribution in [1.82, 2.24) is 0 Å². The fraction of sp³-hybridized carbons (Fsp3) is 0.0385. The molecule has 0 heterocycles. The Hall–Kier alpha value is -4.24. The van der Waals surface area contributed by atoms with Crippen LogP contribution in [-0.2, 0) is 16.6 Å². The highest BCUT2D eigenvalue weighted by Crippen LogP contribution is 2.24. The molecule has 35 heavy (non-hydrogen) atoms. The van der Waals surface area contributed by atoms with E-state index in [9.17, 15) is 22.0 Å². The molecule has 0 unspecified atom stereocenters. The molecule has 4 aromatic carbocycles. The number of carbonyl (C=O) groups excluding carboxylic acids is 1. The van der Waals surface area contributed by atoms with E-state index >= 15 is 0 Å². The summed E-state index contributed by atoms with van der Waals surface area (Å²) >= 11 is 0. The second-order valence-corrected chi connectivity index (χ2v) is 9.16. The van der Waals surface area contributed by atoms with Crippen LogP contribution in [0.3, 0.4) is 0 Å². The molecule has 0 saturated carbocycles. The molecular weight excluding hydrogens is 474 g/mol. The van der Waals surface area contributed by atoms with Crippen LogP contribution in [0.25, 0.3) is 0 Å². The van der Waals surface area contributed by atoms with Crippen LogP contribution in [0.2, 0.25) is 0 Å². The molecule has 4 rings (SSSR count). The number of hydrogen-bond acceptors (Lipinski definition) is 4. The summed E-state index contributed by atoms with van der Waals surface area (Å²) in [4.78, 5) is 11.9. The molecule has 6 nitrogen and oxygen atoms in total. The van der Waals surface area contributed by atoms with Gasteiger partial charge in [-0.05, 0) is 60.2 Å². The third kappa shape index (κ3) is 6.01. The second kappa shape index (κ2) is 10.4. The molecule has 0 fully saturated rings. The highest BCUT2D eigenvalue weighted by molar-refractivity contribution is 7.92. The van der Waals surface area contributed by atoms with Gasteiger partial charge in [0.1, 0.15) is 24.0 Å². The van der Waals surface area contributed by atoms with Gasteiger partial charge in [0.2, 0.25) is 0 Å². The largest absolute Gasteiger partial charge is 0.489 e. The first kappa shape index (κ1) is 23.9. The van der Waals surface area contributed by atoms with Crippen molar-refractivity contribution in [3.63, 3.8) is 0 Å². The fourth-order valence-corrected chi connectivity index (χ4v) is 4.24. The average molecular weight is 495 g/mol. The van der Waals surface area contributed by atoms with Gasteiger partial charge in [0.15, 0.2) is 0 Å². The summed E-state index contributed by atoms with van der Waals surface area (Å²) in [6.45, 7) is 0.366. The molecular formula is C26H20F2N2O4S. The van der Waals surface area contributed by atoms with Crippen LogP contribution in [0.15, 0.2) is 102 Å². The van der Waals surface area contributed by atoms with Gasteiger partial charge in [-0.3, -0.25) is 9.52 Å². The Kier molecular flexibility index (Phi) is 7.07. The molecule has 0 aliphatic heterocycles. The number of halogens is 2. The summed E-state index contributed by atoms with van der Waals surface area (Å²) < 4.78 is 61.8. The quantitative estimate of drug-likeness (QED) is 0.334. The molecule has 0 radical (unpaired) electrons. The number of amides is 1. The van der Waals surface area contributed by atoms with E-state index in [-0.39, 0.29) is 21.8 Å². The zero-order valence-electron chi connectivity index (χ0n) is 18.2. The van der Waals surface area contributed by atoms with E-state index in [0.29, 0.717) is 12.4 Å². The Balaban J connectivity index is 1.41. The first-order valence-electron chi connectivity index (χ1n) is 10.5. The van der Waals surface area contributed by atoms with E-state index in [1.807, 2.05) is 30.3 Å². The van der Waals surface area contributed by atoms with Gasteiger partial charge in [0, 0.05) is 5.69 Å². The van der Waals surface area contributed by atoms with Crippen LogP contribution in [0.1, 0.15) is 15.9 Å². The monoisotopic (exact) mass is 494 g/mol. The third-order valence-corrected chi connectivity index (χ3v) is 6.35. The zero-order valence-corrected chi connectivity index (χ0v) is 19.1. The minimum atomic E-state index is -4.11. The smallest absolute Gasteiger partial charge is 0.261 e. The minimum Gasteiger partial charge on any atom is -0.489 e. The number of sulfonamides is 1. The number of nitrogens with one attached hydrogen (secondary N) is 2. The van der Waals surface area contributed by atoms with Gasteiger partial charge in [-0.2, -0.15) is 0 Å². The van der Waals surface area contributed by atoms with Crippen molar-refractivity contribution in [3.8, 4) is 5.75 Å². The van der Waals surface area contributed by atoms with Crippen molar-refractivity contribution in [2.24, 2.45) is 0 Å². The van der Waals surface area contributed by atoms with E-state index in [1.165, 1.54) is 30.3 Å². The topological polar surface area (TPSA) is 84.5 Å². The molecule has 4 aromatic rings. The van der Waals surface area contributed by atoms with Crippen molar-refractivity contribution in [1.29, 1.82) is 0 Å². The van der Waals surface area contributed by atoms with Crippen LogP contribution in [-0.4, -0.2) is 14.3 Å². The lowest BCUT2D eigenvalue weighted by atomic mass is 10.2. The molecule has 178 valence electrons. The molecule has 0 bridgehead atoms. The number of anilines is 2. The van der Waals surface area contributed by atoms with Crippen molar-refractivity contribution < 1.29 is 26.7 Å². The summed E-state index contributed by atoms with van der Waals surface area (Å²) in [7, 11) is -4.11. The Bertz CT molecular complexity index is 1440. The predicted octanol–water partition coefficient (Wildman–Crippen LogP) is 5.60. The standard InChI is InChI=1S/C26H20F2N2O4S/c27-23-9-5-4-8-22(23)26(31)29-25-15-14-21(16-24(25)28)35(32,33)30-19-10-12-20(13-11-19)34-17-18-6-2-1-3-7-18/h1-16,30H,17H2,(H,29,31). The van der Waals surface area contributed by atoms with Crippen LogP contribution < -0.4 is 14.8 Å². The highest BCUT2D eigenvalue weighted by Gasteiger charge is 2.19. The first-order chi connectivity index (χ1) is 16.8. The van der Waals surface area contributed by atoms with Crippen molar-refractivity contribution in [2.45, 2.75) is 11.5 Å². The van der Waals surface area contributed by atoms with Crippen molar-refractivity contribution in [3.05, 3.63) is 120 Å². The lowest BCUT2D eigenvalue weighted by molar-refractivity contribution is 0.102. The third-order valence-electron chi connectivity index (χ3n) is 4.97. The van der Waals surface area contributed by atoms with E-state index in [0.717, 1.165) is 29.8 Å². The van der Waals surface area contributed by atoms with Crippen LogP contribution in [0, 0.1) is 11.6 Å².